The molecule has 14 heavy (non-hydrogen) atoms. The van der Waals surface area contributed by atoms with Gasteiger partial charge in [-0.2, -0.15) is 0 Å². The maximum absolute atomic E-state index is 9.73. The number of aromatic nitrogens is 2. The number of pyridine rings is 1. The summed E-state index contributed by atoms with van der Waals surface area (Å²) in [5.41, 5.74) is 1.68. The van der Waals surface area contributed by atoms with Crippen LogP contribution in [0.15, 0.2) is 29.0 Å². The van der Waals surface area contributed by atoms with E-state index >= 15 is 0 Å². The molecule has 4 heteroatoms. The summed E-state index contributed by atoms with van der Waals surface area (Å²) in [6, 6.07) is 3.86. The van der Waals surface area contributed by atoms with Crippen molar-refractivity contribution in [3.63, 3.8) is 0 Å². The lowest BCUT2D eigenvalue weighted by Gasteiger charge is -2.06. The lowest BCUT2D eigenvalue weighted by molar-refractivity contribution is 0.168. The maximum Gasteiger partial charge on any atom is 0.151 e. The van der Waals surface area contributed by atoms with Crippen molar-refractivity contribution in [3.05, 3.63) is 34.7 Å². The van der Waals surface area contributed by atoms with Crippen LogP contribution in [-0.2, 0) is 0 Å². The van der Waals surface area contributed by atoms with Crippen molar-refractivity contribution in [2.45, 2.75) is 19.4 Å². The summed E-state index contributed by atoms with van der Waals surface area (Å²) >= 11 is 3.42. The highest BCUT2D eigenvalue weighted by atomic mass is 79.9. The van der Waals surface area contributed by atoms with Gasteiger partial charge in [0.05, 0.1) is 22.5 Å². The number of halogens is 1. The molecule has 0 radical (unpaired) electrons. The van der Waals surface area contributed by atoms with Crippen LogP contribution in [0.5, 0.6) is 0 Å². The molecule has 0 amide bonds. The Bertz CT molecular complexity index is 452. The SMILES string of the molecule is CCC(O)c1cnc2c(Br)cccn12. The third-order valence-electron chi connectivity index (χ3n) is 2.24. The lowest BCUT2D eigenvalue weighted by atomic mass is 10.2. The van der Waals surface area contributed by atoms with E-state index in [0.29, 0.717) is 6.42 Å². The highest BCUT2D eigenvalue weighted by Crippen LogP contribution is 2.22. The number of nitrogens with zero attached hydrogens (tertiary/aromatic N) is 2. The highest BCUT2D eigenvalue weighted by Gasteiger charge is 2.11. The summed E-state index contributed by atoms with van der Waals surface area (Å²) in [4.78, 5) is 4.24. The number of rotatable bonds is 2. The topological polar surface area (TPSA) is 37.5 Å². The second-order valence-electron chi connectivity index (χ2n) is 3.16. The predicted molar refractivity (Wildman–Crippen MR) is 58.1 cm³/mol. The molecule has 2 rings (SSSR count). The molecule has 0 aliphatic carbocycles. The molecule has 0 saturated heterocycles. The van der Waals surface area contributed by atoms with E-state index in [4.69, 9.17) is 0 Å². The van der Waals surface area contributed by atoms with Gasteiger partial charge < -0.3 is 9.51 Å². The molecule has 0 aliphatic heterocycles. The van der Waals surface area contributed by atoms with Gasteiger partial charge in [0.25, 0.3) is 0 Å². The van der Waals surface area contributed by atoms with Gasteiger partial charge in [0.2, 0.25) is 0 Å². The average Bonchev–Trinajstić information content (AvgIpc) is 2.62. The van der Waals surface area contributed by atoms with Gasteiger partial charge in [-0.15, -0.1) is 0 Å². The Morgan fingerprint density at radius 3 is 3.14 bits per heavy atom. The molecule has 2 aromatic heterocycles. The van der Waals surface area contributed by atoms with Gasteiger partial charge in [-0.1, -0.05) is 6.92 Å². The van der Waals surface area contributed by atoms with Crippen LogP contribution in [0, 0.1) is 0 Å². The van der Waals surface area contributed by atoms with Gasteiger partial charge in [-0.25, -0.2) is 4.98 Å². The maximum atomic E-state index is 9.73. The predicted octanol–water partition coefficient (Wildman–Crippen LogP) is 2.54. The van der Waals surface area contributed by atoms with E-state index in [1.165, 1.54) is 0 Å². The Balaban J connectivity index is 2.63. The zero-order chi connectivity index (χ0) is 10.1. The summed E-state index contributed by atoms with van der Waals surface area (Å²) in [7, 11) is 0. The molecule has 1 atom stereocenters. The van der Waals surface area contributed by atoms with Crippen LogP contribution >= 0.6 is 15.9 Å². The van der Waals surface area contributed by atoms with Crippen LogP contribution in [0.4, 0.5) is 0 Å². The fourth-order valence-electron chi connectivity index (χ4n) is 1.45. The molecule has 0 aliphatic rings. The fraction of sp³-hybridized carbons (Fsp3) is 0.300. The summed E-state index contributed by atoms with van der Waals surface area (Å²) in [5, 5.41) is 9.73. The summed E-state index contributed by atoms with van der Waals surface area (Å²) in [5.74, 6) is 0. The minimum atomic E-state index is -0.445. The Morgan fingerprint density at radius 2 is 2.43 bits per heavy atom. The second-order valence-corrected chi connectivity index (χ2v) is 4.01. The molecule has 0 spiro atoms. The lowest BCUT2D eigenvalue weighted by Crippen LogP contribution is -1.99. The van der Waals surface area contributed by atoms with Crippen molar-refractivity contribution >= 4 is 21.6 Å². The van der Waals surface area contributed by atoms with E-state index in [-0.39, 0.29) is 0 Å². The van der Waals surface area contributed by atoms with Crippen LogP contribution < -0.4 is 0 Å². The van der Waals surface area contributed by atoms with Gasteiger partial charge in [0, 0.05) is 6.20 Å². The molecule has 0 fully saturated rings. The fourth-order valence-corrected chi connectivity index (χ4v) is 1.90. The van der Waals surface area contributed by atoms with Gasteiger partial charge >= 0.3 is 0 Å². The molecule has 0 aromatic carbocycles. The smallest absolute Gasteiger partial charge is 0.151 e. The second kappa shape index (κ2) is 3.71. The molecular weight excluding hydrogens is 244 g/mol. The molecule has 2 aromatic rings. The third kappa shape index (κ3) is 1.44. The molecule has 74 valence electrons. The molecule has 0 bridgehead atoms. The Kier molecular flexibility index (Phi) is 2.56. The summed E-state index contributed by atoms with van der Waals surface area (Å²) in [6.45, 7) is 1.95. The Hall–Kier alpha value is -0.870. The van der Waals surface area contributed by atoms with Crippen molar-refractivity contribution in [2.24, 2.45) is 0 Å². The first kappa shape index (κ1) is 9.68. The van der Waals surface area contributed by atoms with Crippen LogP contribution in [0.1, 0.15) is 25.1 Å². The van der Waals surface area contributed by atoms with Gasteiger partial charge in [0.15, 0.2) is 5.65 Å². The average molecular weight is 255 g/mol. The number of aliphatic hydroxyl groups is 1. The summed E-state index contributed by atoms with van der Waals surface area (Å²) in [6.07, 6.45) is 3.87. The van der Waals surface area contributed by atoms with Crippen LogP contribution in [0.2, 0.25) is 0 Å². The van der Waals surface area contributed by atoms with Crippen LogP contribution in [0.3, 0.4) is 0 Å². The zero-order valence-electron chi connectivity index (χ0n) is 7.81. The molecule has 3 nitrogen and oxygen atoms in total. The highest BCUT2D eigenvalue weighted by molar-refractivity contribution is 9.10. The molecular formula is C10H11BrN2O. The standard InChI is InChI=1S/C10H11BrN2O/c1-2-9(14)8-6-12-10-7(11)4-3-5-13(8)10/h3-6,9,14H,2H2,1H3. The quantitative estimate of drug-likeness (QED) is 0.895. The largest absolute Gasteiger partial charge is 0.387 e. The Labute approximate surface area is 90.5 Å². The normalized spacial score (nSPS) is 13.4. The van der Waals surface area contributed by atoms with Crippen molar-refractivity contribution < 1.29 is 5.11 Å². The zero-order valence-corrected chi connectivity index (χ0v) is 9.40. The minimum Gasteiger partial charge on any atom is -0.387 e. The summed E-state index contributed by atoms with van der Waals surface area (Å²) < 4.78 is 2.84. The minimum absolute atomic E-state index is 0.445. The molecule has 2 heterocycles. The van der Waals surface area contributed by atoms with Crippen molar-refractivity contribution in [2.75, 3.05) is 0 Å². The van der Waals surface area contributed by atoms with Gasteiger partial charge in [-0.3, -0.25) is 0 Å². The first-order valence-electron chi connectivity index (χ1n) is 4.53. The van der Waals surface area contributed by atoms with E-state index in [0.717, 1.165) is 15.8 Å². The van der Waals surface area contributed by atoms with Crippen LogP contribution in [-0.4, -0.2) is 14.5 Å². The van der Waals surface area contributed by atoms with E-state index < -0.39 is 6.10 Å². The first-order chi connectivity index (χ1) is 6.74. The van der Waals surface area contributed by atoms with Gasteiger partial charge in [0.1, 0.15) is 0 Å². The van der Waals surface area contributed by atoms with Crippen molar-refractivity contribution in [3.8, 4) is 0 Å². The van der Waals surface area contributed by atoms with Crippen molar-refractivity contribution in [1.29, 1.82) is 0 Å². The van der Waals surface area contributed by atoms with Crippen molar-refractivity contribution in [1.82, 2.24) is 9.38 Å². The third-order valence-corrected chi connectivity index (χ3v) is 2.86. The van der Waals surface area contributed by atoms with E-state index in [1.807, 2.05) is 29.7 Å². The van der Waals surface area contributed by atoms with Crippen LogP contribution in [0.25, 0.3) is 5.65 Å². The van der Waals surface area contributed by atoms with E-state index in [2.05, 4.69) is 20.9 Å². The Morgan fingerprint density at radius 1 is 1.64 bits per heavy atom. The number of aliphatic hydroxyl groups excluding tert-OH is 1. The number of hydrogen-bond acceptors (Lipinski definition) is 2. The van der Waals surface area contributed by atoms with Gasteiger partial charge in [-0.05, 0) is 34.5 Å². The van der Waals surface area contributed by atoms with E-state index in [9.17, 15) is 5.11 Å². The van der Waals surface area contributed by atoms with E-state index in [1.54, 1.807) is 6.20 Å². The monoisotopic (exact) mass is 254 g/mol. The first-order valence-corrected chi connectivity index (χ1v) is 5.33. The number of imidazole rings is 1. The number of hydrogen-bond donors (Lipinski definition) is 1. The molecule has 1 N–H and O–H groups in total. The molecule has 1 unspecified atom stereocenters. The molecule has 0 saturated carbocycles. The number of fused-ring (bicyclic) bond motifs is 1.